The summed E-state index contributed by atoms with van der Waals surface area (Å²) in [6.07, 6.45) is 3.90. The Labute approximate surface area is 113 Å². The number of nitro groups is 1. The maximum absolute atomic E-state index is 11.1. The smallest absolute Gasteiger partial charge is 0.333 e. The lowest BCUT2D eigenvalue weighted by atomic mass is 10.1. The normalized spacial score (nSPS) is 12.8. The first-order valence-electron chi connectivity index (χ1n) is 6.05. The van der Waals surface area contributed by atoms with Gasteiger partial charge in [-0.05, 0) is 22.6 Å². The van der Waals surface area contributed by atoms with Gasteiger partial charge in [-0.15, -0.1) is 0 Å². The highest BCUT2D eigenvalue weighted by atomic mass is 28.3. The number of nitrogens with two attached hydrogens (primary N) is 1. The van der Waals surface area contributed by atoms with Crippen LogP contribution in [0.4, 0.5) is 0 Å². The van der Waals surface area contributed by atoms with Crippen molar-refractivity contribution in [1.82, 2.24) is 10.4 Å². The van der Waals surface area contributed by atoms with Crippen molar-refractivity contribution in [2.45, 2.75) is 32.1 Å². The molecule has 1 rings (SSSR count). The molecule has 104 valence electrons. The quantitative estimate of drug-likeness (QED) is 0.359. The lowest BCUT2D eigenvalue weighted by Gasteiger charge is -2.18. The fourth-order valence-electron chi connectivity index (χ4n) is 1.90. The molecule has 0 atom stereocenters. The second-order valence-electron chi connectivity index (χ2n) is 5.63. The van der Waals surface area contributed by atoms with Gasteiger partial charge in [0.25, 0.3) is 0 Å². The molecule has 0 aliphatic rings. The number of pyridine rings is 1. The molecule has 1 aromatic heterocycles. The first-order chi connectivity index (χ1) is 8.83. The molecule has 0 amide bonds. The zero-order valence-corrected chi connectivity index (χ0v) is 12.5. The highest BCUT2D eigenvalue weighted by molar-refractivity contribution is 6.76. The van der Waals surface area contributed by atoms with Crippen LogP contribution in [-0.4, -0.2) is 18.0 Å². The Morgan fingerprint density at radius 2 is 2.21 bits per heavy atom. The van der Waals surface area contributed by atoms with E-state index in [1.807, 2.05) is 12.1 Å². The van der Waals surface area contributed by atoms with E-state index in [4.69, 9.17) is 5.84 Å². The van der Waals surface area contributed by atoms with E-state index in [2.05, 4.69) is 30.1 Å². The Kier molecular flexibility index (Phi) is 5.19. The SMILES string of the molecule is C[Si](C)(C)CC(Cc1cccnc1)=C(NN)[N+](=O)[O-]. The van der Waals surface area contributed by atoms with Crippen molar-refractivity contribution < 1.29 is 4.92 Å². The molecule has 0 spiro atoms. The molecule has 3 N–H and O–H groups in total. The summed E-state index contributed by atoms with van der Waals surface area (Å²) in [4.78, 5) is 14.6. The fraction of sp³-hybridized carbons (Fsp3) is 0.417. The molecule has 0 unspecified atom stereocenters. The zero-order valence-electron chi connectivity index (χ0n) is 11.5. The Bertz CT molecular complexity index is 468. The van der Waals surface area contributed by atoms with Crippen LogP contribution < -0.4 is 11.3 Å². The van der Waals surface area contributed by atoms with E-state index in [9.17, 15) is 10.1 Å². The van der Waals surface area contributed by atoms with Gasteiger partial charge in [-0.1, -0.05) is 25.7 Å². The largest absolute Gasteiger partial charge is 0.358 e. The number of allylic oxidation sites excluding steroid dienone is 1. The Hall–Kier alpha value is -1.73. The lowest BCUT2D eigenvalue weighted by Crippen LogP contribution is -2.31. The third-order valence-electron chi connectivity index (χ3n) is 2.54. The molecule has 0 saturated carbocycles. The van der Waals surface area contributed by atoms with Crippen LogP contribution in [0.25, 0.3) is 0 Å². The van der Waals surface area contributed by atoms with Crippen molar-refractivity contribution in [2.24, 2.45) is 5.84 Å². The van der Waals surface area contributed by atoms with E-state index >= 15 is 0 Å². The fourth-order valence-corrected chi connectivity index (χ4v) is 3.48. The van der Waals surface area contributed by atoms with Crippen molar-refractivity contribution in [3.63, 3.8) is 0 Å². The number of aromatic nitrogens is 1. The summed E-state index contributed by atoms with van der Waals surface area (Å²) in [5, 5.41) is 11.1. The summed E-state index contributed by atoms with van der Waals surface area (Å²) in [5.41, 5.74) is 3.91. The molecular formula is C12H20N4O2Si. The molecule has 0 saturated heterocycles. The second kappa shape index (κ2) is 6.44. The zero-order chi connectivity index (χ0) is 14.5. The van der Waals surface area contributed by atoms with E-state index in [1.54, 1.807) is 12.4 Å². The molecule has 0 aliphatic carbocycles. The van der Waals surface area contributed by atoms with Gasteiger partial charge in [0.05, 0.1) is 0 Å². The molecule has 19 heavy (non-hydrogen) atoms. The van der Waals surface area contributed by atoms with Gasteiger partial charge >= 0.3 is 5.82 Å². The van der Waals surface area contributed by atoms with Gasteiger partial charge < -0.3 is 10.1 Å². The van der Waals surface area contributed by atoms with Gasteiger partial charge in [0.1, 0.15) is 0 Å². The predicted molar refractivity (Wildman–Crippen MR) is 77.4 cm³/mol. The van der Waals surface area contributed by atoms with Crippen LogP contribution in [-0.2, 0) is 6.42 Å². The van der Waals surface area contributed by atoms with Crippen LogP contribution in [0.3, 0.4) is 0 Å². The Morgan fingerprint density at radius 3 is 2.63 bits per heavy atom. The van der Waals surface area contributed by atoms with Gasteiger partial charge in [0.2, 0.25) is 0 Å². The average Bonchev–Trinajstić information content (AvgIpc) is 2.28. The highest BCUT2D eigenvalue weighted by Gasteiger charge is 2.23. The summed E-state index contributed by atoms with van der Waals surface area (Å²) in [6, 6.07) is 4.46. The van der Waals surface area contributed by atoms with Crippen molar-refractivity contribution >= 4 is 8.07 Å². The maximum atomic E-state index is 11.1. The molecule has 1 aromatic rings. The van der Waals surface area contributed by atoms with E-state index in [0.29, 0.717) is 6.42 Å². The summed E-state index contributed by atoms with van der Waals surface area (Å²) in [5.74, 6) is 5.21. The topological polar surface area (TPSA) is 94.1 Å². The van der Waals surface area contributed by atoms with Gasteiger partial charge in [-0.2, -0.15) is 11.3 Å². The number of hydrogen-bond donors (Lipinski definition) is 2. The molecule has 1 heterocycles. The van der Waals surface area contributed by atoms with Gasteiger partial charge in [0, 0.05) is 32.5 Å². The van der Waals surface area contributed by atoms with Gasteiger partial charge in [-0.25, -0.2) is 0 Å². The maximum Gasteiger partial charge on any atom is 0.333 e. The summed E-state index contributed by atoms with van der Waals surface area (Å²) < 4.78 is 0. The van der Waals surface area contributed by atoms with E-state index in [-0.39, 0.29) is 5.82 Å². The van der Waals surface area contributed by atoms with Crippen LogP contribution >= 0.6 is 0 Å². The third-order valence-corrected chi connectivity index (χ3v) is 4.03. The highest BCUT2D eigenvalue weighted by Crippen LogP contribution is 2.22. The Morgan fingerprint density at radius 1 is 1.53 bits per heavy atom. The van der Waals surface area contributed by atoms with Crippen LogP contribution in [0.2, 0.25) is 25.7 Å². The molecule has 0 aliphatic heterocycles. The van der Waals surface area contributed by atoms with Gasteiger partial charge in [0.15, 0.2) is 0 Å². The molecular weight excluding hydrogens is 260 g/mol. The molecule has 0 radical (unpaired) electrons. The van der Waals surface area contributed by atoms with Crippen molar-refractivity contribution in [3.8, 4) is 0 Å². The standard InChI is InChI=1S/C12H20N4O2Si/c1-19(2,3)9-11(12(15-13)16(17)18)7-10-5-4-6-14-8-10/h4-6,8,15H,7,9,13H2,1-3H3. The third kappa shape index (κ3) is 5.19. The summed E-state index contributed by atoms with van der Waals surface area (Å²) in [7, 11) is -1.48. The first kappa shape index (κ1) is 15.3. The summed E-state index contributed by atoms with van der Waals surface area (Å²) in [6.45, 7) is 6.51. The predicted octanol–water partition coefficient (Wildman–Crippen LogP) is 1.91. The molecule has 6 nitrogen and oxygen atoms in total. The van der Waals surface area contributed by atoms with Crippen molar-refractivity contribution in [3.05, 3.63) is 51.6 Å². The van der Waals surface area contributed by atoms with Crippen LogP contribution in [0, 0.1) is 10.1 Å². The monoisotopic (exact) mass is 280 g/mol. The van der Waals surface area contributed by atoms with Crippen LogP contribution in [0.1, 0.15) is 5.56 Å². The minimum absolute atomic E-state index is 0.0914. The van der Waals surface area contributed by atoms with Crippen LogP contribution in [0.15, 0.2) is 35.9 Å². The number of hydrazine groups is 1. The van der Waals surface area contributed by atoms with E-state index in [0.717, 1.165) is 17.2 Å². The number of nitrogens with one attached hydrogen (secondary N) is 1. The first-order valence-corrected chi connectivity index (χ1v) is 9.76. The van der Waals surface area contributed by atoms with Crippen molar-refractivity contribution in [1.29, 1.82) is 0 Å². The van der Waals surface area contributed by atoms with E-state index in [1.165, 1.54) is 0 Å². The molecule has 7 heteroatoms. The van der Waals surface area contributed by atoms with E-state index < -0.39 is 13.0 Å². The van der Waals surface area contributed by atoms with Gasteiger partial charge in [-0.3, -0.25) is 4.98 Å². The lowest BCUT2D eigenvalue weighted by molar-refractivity contribution is -0.433. The molecule has 0 aromatic carbocycles. The Balaban J connectivity index is 3.09. The summed E-state index contributed by atoms with van der Waals surface area (Å²) >= 11 is 0. The number of hydrogen-bond acceptors (Lipinski definition) is 5. The van der Waals surface area contributed by atoms with Crippen LogP contribution in [0.5, 0.6) is 0 Å². The number of nitrogens with zero attached hydrogens (tertiary/aromatic N) is 2. The molecule has 0 fully saturated rings. The number of rotatable bonds is 6. The minimum atomic E-state index is -1.48. The average molecular weight is 280 g/mol. The van der Waals surface area contributed by atoms with Crippen molar-refractivity contribution in [2.75, 3.05) is 0 Å². The second-order valence-corrected chi connectivity index (χ2v) is 11.1. The molecule has 0 bridgehead atoms. The minimum Gasteiger partial charge on any atom is -0.358 e.